The fourth-order valence-electron chi connectivity index (χ4n) is 1.40. The lowest BCUT2D eigenvalue weighted by Crippen LogP contribution is -2.49. The van der Waals surface area contributed by atoms with Gasteiger partial charge in [0, 0.05) is 6.04 Å². The van der Waals surface area contributed by atoms with Gasteiger partial charge in [0.2, 0.25) is 0 Å². The van der Waals surface area contributed by atoms with Gasteiger partial charge in [-0.1, -0.05) is 6.42 Å². The van der Waals surface area contributed by atoms with Crippen LogP contribution in [-0.4, -0.2) is 18.3 Å². The first-order chi connectivity index (χ1) is 5.00. The lowest BCUT2D eigenvalue weighted by molar-refractivity contribution is -0.162. The molecule has 0 aromatic carbocycles. The lowest BCUT2D eigenvalue weighted by atomic mass is 9.99. The van der Waals surface area contributed by atoms with E-state index in [9.17, 15) is 13.2 Å². The van der Waals surface area contributed by atoms with Crippen LogP contribution in [0.15, 0.2) is 0 Å². The summed E-state index contributed by atoms with van der Waals surface area (Å²) in [6.07, 6.45) is -2.30. The molecule has 1 heterocycles. The molecular formula is C7H12F3N. The summed E-state index contributed by atoms with van der Waals surface area (Å²) in [6.45, 7) is 1.79. The topological polar surface area (TPSA) is 12.0 Å². The van der Waals surface area contributed by atoms with Crippen LogP contribution in [0.4, 0.5) is 13.2 Å². The van der Waals surface area contributed by atoms with E-state index < -0.39 is 12.2 Å². The van der Waals surface area contributed by atoms with Gasteiger partial charge in [-0.15, -0.1) is 0 Å². The summed E-state index contributed by atoms with van der Waals surface area (Å²) in [5.41, 5.74) is 0. The molecule has 1 saturated heterocycles. The van der Waals surface area contributed by atoms with E-state index in [-0.39, 0.29) is 12.5 Å². The summed E-state index contributed by atoms with van der Waals surface area (Å²) in [4.78, 5) is 0. The highest BCUT2D eigenvalue weighted by molar-refractivity contribution is 4.82. The van der Waals surface area contributed by atoms with Crippen LogP contribution in [0.5, 0.6) is 0 Å². The highest BCUT2D eigenvalue weighted by Crippen LogP contribution is 2.27. The van der Waals surface area contributed by atoms with Gasteiger partial charge in [-0.2, -0.15) is 13.2 Å². The number of alkyl halides is 3. The van der Waals surface area contributed by atoms with Crippen molar-refractivity contribution in [1.82, 2.24) is 5.32 Å². The summed E-state index contributed by atoms with van der Waals surface area (Å²) in [5, 5.41) is 2.53. The Hall–Kier alpha value is -0.250. The van der Waals surface area contributed by atoms with Gasteiger partial charge < -0.3 is 5.32 Å². The monoisotopic (exact) mass is 167 g/mol. The molecule has 0 spiro atoms. The van der Waals surface area contributed by atoms with Gasteiger partial charge in [0.1, 0.15) is 6.04 Å². The third kappa shape index (κ3) is 2.36. The molecule has 11 heavy (non-hydrogen) atoms. The standard InChI is InChI=1S/C7H12F3N/c1-5-3-2-4-6(11-5)7(8,9)10/h5-6,11H,2-4H2,1H3. The Morgan fingerprint density at radius 3 is 2.27 bits per heavy atom. The number of hydrogen-bond donors (Lipinski definition) is 1. The summed E-state index contributed by atoms with van der Waals surface area (Å²) < 4.78 is 36.2. The van der Waals surface area contributed by atoms with Gasteiger partial charge in [0.15, 0.2) is 0 Å². The average molecular weight is 167 g/mol. The maximum atomic E-state index is 12.1. The van der Waals surface area contributed by atoms with E-state index in [4.69, 9.17) is 0 Å². The minimum atomic E-state index is -4.06. The second kappa shape index (κ2) is 3.01. The van der Waals surface area contributed by atoms with Crippen LogP contribution in [0.2, 0.25) is 0 Å². The third-order valence-corrected chi connectivity index (χ3v) is 2.01. The fraction of sp³-hybridized carbons (Fsp3) is 1.00. The van der Waals surface area contributed by atoms with E-state index in [1.807, 2.05) is 0 Å². The number of rotatable bonds is 0. The van der Waals surface area contributed by atoms with Crippen molar-refractivity contribution in [2.24, 2.45) is 0 Å². The molecule has 1 aliphatic rings. The normalized spacial score (nSPS) is 33.8. The molecule has 4 heteroatoms. The maximum Gasteiger partial charge on any atom is 0.403 e. The van der Waals surface area contributed by atoms with E-state index in [0.717, 1.165) is 6.42 Å². The van der Waals surface area contributed by atoms with E-state index in [0.29, 0.717) is 6.42 Å². The van der Waals surface area contributed by atoms with Crippen molar-refractivity contribution in [2.45, 2.75) is 44.4 Å². The van der Waals surface area contributed by atoms with E-state index in [1.54, 1.807) is 6.92 Å². The third-order valence-electron chi connectivity index (χ3n) is 2.01. The van der Waals surface area contributed by atoms with Crippen LogP contribution in [0.25, 0.3) is 0 Å². The van der Waals surface area contributed by atoms with Crippen molar-refractivity contribution in [3.63, 3.8) is 0 Å². The van der Waals surface area contributed by atoms with Gasteiger partial charge >= 0.3 is 6.18 Å². The molecule has 1 N–H and O–H groups in total. The maximum absolute atomic E-state index is 12.1. The number of halogens is 3. The minimum Gasteiger partial charge on any atom is -0.304 e. The van der Waals surface area contributed by atoms with Crippen LogP contribution in [0.3, 0.4) is 0 Å². The van der Waals surface area contributed by atoms with Crippen LogP contribution >= 0.6 is 0 Å². The molecule has 1 aliphatic heterocycles. The smallest absolute Gasteiger partial charge is 0.304 e. The van der Waals surface area contributed by atoms with E-state index in [1.165, 1.54) is 0 Å². The second-order valence-electron chi connectivity index (χ2n) is 3.09. The fourth-order valence-corrected chi connectivity index (χ4v) is 1.40. The Labute approximate surface area is 64.0 Å². The first kappa shape index (κ1) is 8.84. The zero-order valence-electron chi connectivity index (χ0n) is 6.41. The van der Waals surface area contributed by atoms with Crippen LogP contribution < -0.4 is 5.32 Å². The Bertz CT molecular complexity index is 132. The van der Waals surface area contributed by atoms with Crippen molar-refractivity contribution in [3.8, 4) is 0 Å². The molecule has 0 aromatic heterocycles. The quantitative estimate of drug-likeness (QED) is 0.582. The van der Waals surface area contributed by atoms with Crippen LogP contribution in [0.1, 0.15) is 26.2 Å². The molecule has 0 saturated carbocycles. The van der Waals surface area contributed by atoms with Gasteiger partial charge in [0.25, 0.3) is 0 Å². The number of nitrogens with one attached hydrogen (secondary N) is 1. The summed E-state index contributed by atoms with van der Waals surface area (Å²) in [5.74, 6) is 0. The molecule has 2 atom stereocenters. The molecule has 2 unspecified atom stereocenters. The van der Waals surface area contributed by atoms with Crippen molar-refractivity contribution in [3.05, 3.63) is 0 Å². The minimum absolute atomic E-state index is 0.00961. The highest BCUT2D eigenvalue weighted by Gasteiger charge is 2.41. The Morgan fingerprint density at radius 2 is 1.91 bits per heavy atom. The first-order valence-electron chi connectivity index (χ1n) is 3.83. The van der Waals surface area contributed by atoms with Gasteiger partial charge in [-0.25, -0.2) is 0 Å². The summed E-state index contributed by atoms with van der Waals surface area (Å²) in [7, 11) is 0. The van der Waals surface area contributed by atoms with Crippen molar-refractivity contribution < 1.29 is 13.2 Å². The molecule has 0 amide bonds. The largest absolute Gasteiger partial charge is 0.403 e. The Balaban J connectivity index is 2.46. The summed E-state index contributed by atoms with van der Waals surface area (Å²) in [6, 6.07) is -1.26. The second-order valence-corrected chi connectivity index (χ2v) is 3.09. The molecule has 0 bridgehead atoms. The summed E-state index contributed by atoms with van der Waals surface area (Å²) >= 11 is 0. The number of hydrogen-bond acceptors (Lipinski definition) is 1. The molecule has 0 aliphatic carbocycles. The predicted molar refractivity (Wildman–Crippen MR) is 36.3 cm³/mol. The SMILES string of the molecule is CC1CCCC(C(F)(F)F)N1. The zero-order chi connectivity index (χ0) is 8.48. The van der Waals surface area contributed by atoms with Crippen molar-refractivity contribution in [2.75, 3.05) is 0 Å². The average Bonchev–Trinajstić information content (AvgIpc) is 1.86. The molecule has 1 rings (SSSR count). The first-order valence-corrected chi connectivity index (χ1v) is 3.83. The van der Waals surface area contributed by atoms with Crippen molar-refractivity contribution in [1.29, 1.82) is 0 Å². The van der Waals surface area contributed by atoms with Gasteiger partial charge in [-0.3, -0.25) is 0 Å². The predicted octanol–water partition coefficient (Wildman–Crippen LogP) is 2.08. The van der Waals surface area contributed by atoms with Crippen molar-refractivity contribution >= 4 is 0 Å². The number of piperidine rings is 1. The molecule has 1 nitrogen and oxygen atoms in total. The van der Waals surface area contributed by atoms with Gasteiger partial charge in [0.05, 0.1) is 0 Å². The van der Waals surface area contributed by atoms with Gasteiger partial charge in [-0.05, 0) is 19.8 Å². The molecule has 0 aromatic rings. The Morgan fingerprint density at radius 1 is 1.27 bits per heavy atom. The van der Waals surface area contributed by atoms with E-state index >= 15 is 0 Å². The van der Waals surface area contributed by atoms with Crippen LogP contribution in [-0.2, 0) is 0 Å². The van der Waals surface area contributed by atoms with Crippen LogP contribution in [0, 0.1) is 0 Å². The molecular weight excluding hydrogens is 155 g/mol. The highest BCUT2D eigenvalue weighted by atomic mass is 19.4. The zero-order valence-corrected chi connectivity index (χ0v) is 6.41. The Kier molecular flexibility index (Phi) is 2.42. The molecule has 0 radical (unpaired) electrons. The van der Waals surface area contributed by atoms with E-state index in [2.05, 4.69) is 5.32 Å². The molecule has 1 fully saturated rings. The lowest BCUT2D eigenvalue weighted by Gasteiger charge is -2.30. The molecule has 66 valence electrons.